The molecule has 1 saturated heterocycles. The molecule has 0 spiro atoms. The Kier molecular flexibility index (Phi) is 10.4. The van der Waals surface area contributed by atoms with Gasteiger partial charge in [0.25, 0.3) is 0 Å². The molecule has 5 N–H and O–H groups in total. The van der Waals surface area contributed by atoms with Gasteiger partial charge in [-0.05, 0) is 42.7 Å². The highest BCUT2D eigenvalue weighted by Gasteiger charge is 2.41. The molecule has 0 atom stereocenters. The number of rotatable bonds is 10. The number of aromatic nitrogens is 2. The number of halogens is 1. The first-order valence-corrected chi connectivity index (χ1v) is 12.5. The number of carboxylic acid groups (broad SMARTS) is 3. The van der Waals surface area contributed by atoms with E-state index in [1.54, 1.807) is 36.7 Å². The number of aliphatic hydroxyl groups is 2. The van der Waals surface area contributed by atoms with Gasteiger partial charge in [-0.2, -0.15) is 0 Å². The van der Waals surface area contributed by atoms with Crippen LogP contribution in [-0.2, 0) is 26.5 Å². The van der Waals surface area contributed by atoms with Gasteiger partial charge in [0.05, 0.1) is 18.4 Å². The van der Waals surface area contributed by atoms with Crippen LogP contribution in [0.2, 0.25) is 0 Å². The second kappa shape index (κ2) is 13.7. The number of hydrogen-bond acceptors (Lipinski definition) is 9. The summed E-state index contributed by atoms with van der Waals surface area (Å²) < 4.78 is 19.8. The molecule has 13 heteroatoms. The Labute approximate surface area is 234 Å². The van der Waals surface area contributed by atoms with Gasteiger partial charge in [0.2, 0.25) is 0 Å². The molecular weight excluding hydrogens is 541 g/mol. The van der Waals surface area contributed by atoms with Crippen LogP contribution >= 0.6 is 0 Å². The SMILES string of the molecule is O=C(O)CC(O)(CC(=O)O)C(=O)O.OC1(c2ccccc2F)CCN(Cc2cccc(Oc3ncccn3)c2)CC1. The number of hydrogen-bond donors (Lipinski definition) is 5. The minimum Gasteiger partial charge on any atom is -0.481 e. The predicted molar refractivity (Wildman–Crippen MR) is 140 cm³/mol. The van der Waals surface area contributed by atoms with Crippen molar-refractivity contribution in [3.8, 4) is 11.8 Å². The minimum atomic E-state index is -2.74. The summed E-state index contributed by atoms with van der Waals surface area (Å²) >= 11 is 0. The van der Waals surface area contributed by atoms with Gasteiger partial charge < -0.3 is 30.3 Å². The van der Waals surface area contributed by atoms with Crippen molar-refractivity contribution in [2.45, 2.75) is 43.4 Å². The molecule has 0 unspecified atom stereocenters. The van der Waals surface area contributed by atoms with Crippen LogP contribution in [0.15, 0.2) is 67.0 Å². The van der Waals surface area contributed by atoms with Crippen molar-refractivity contribution < 1.29 is 49.0 Å². The Bertz CT molecular complexity index is 1330. The fraction of sp³-hybridized carbons (Fsp3) is 0.321. The van der Waals surface area contributed by atoms with Crippen molar-refractivity contribution in [1.82, 2.24) is 14.9 Å². The molecule has 3 aromatic rings. The lowest BCUT2D eigenvalue weighted by atomic mass is 9.84. The van der Waals surface area contributed by atoms with Crippen LogP contribution in [0.25, 0.3) is 0 Å². The van der Waals surface area contributed by atoms with Crippen molar-refractivity contribution in [1.29, 1.82) is 0 Å². The predicted octanol–water partition coefficient (Wildman–Crippen LogP) is 2.64. The van der Waals surface area contributed by atoms with Crippen molar-refractivity contribution >= 4 is 17.9 Å². The van der Waals surface area contributed by atoms with Crippen LogP contribution in [0.3, 0.4) is 0 Å². The molecule has 218 valence electrons. The van der Waals surface area contributed by atoms with Gasteiger partial charge in [0, 0.05) is 37.6 Å². The van der Waals surface area contributed by atoms with E-state index in [2.05, 4.69) is 14.9 Å². The Balaban J connectivity index is 0.000000302. The summed E-state index contributed by atoms with van der Waals surface area (Å²) in [7, 11) is 0. The lowest BCUT2D eigenvalue weighted by Gasteiger charge is -2.38. The lowest BCUT2D eigenvalue weighted by Crippen LogP contribution is -2.42. The number of likely N-dealkylation sites (tertiary alicyclic amines) is 1. The second-order valence-electron chi connectivity index (χ2n) is 9.55. The number of carbonyl (C=O) groups is 3. The molecule has 0 bridgehead atoms. The Morgan fingerprint density at radius 1 is 0.927 bits per heavy atom. The molecule has 2 aromatic carbocycles. The smallest absolute Gasteiger partial charge is 0.336 e. The van der Waals surface area contributed by atoms with Gasteiger partial charge in [-0.25, -0.2) is 19.2 Å². The summed E-state index contributed by atoms with van der Waals surface area (Å²) in [5.74, 6) is -4.68. The summed E-state index contributed by atoms with van der Waals surface area (Å²) in [6, 6.07) is 16.4. The first kappa shape index (κ1) is 31.1. The number of benzene rings is 2. The molecular formula is C28H30FN3O9. The van der Waals surface area contributed by atoms with E-state index in [0.29, 0.717) is 43.3 Å². The van der Waals surface area contributed by atoms with Gasteiger partial charge >= 0.3 is 23.9 Å². The Morgan fingerprint density at radius 2 is 1.54 bits per heavy atom. The van der Waals surface area contributed by atoms with Crippen LogP contribution in [0.5, 0.6) is 11.8 Å². The average Bonchev–Trinajstić information content (AvgIpc) is 2.90. The van der Waals surface area contributed by atoms with E-state index >= 15 is 0 Å². The summed E-state index contributed by atoms with van der Waals surface area (Å²) in [6.07, 6.45) is 1.99. The first-order chi connectivity index (χ1) is 19.4. The maximum absolute atomic E-state index is 14.1. The molecule has 0 radical (unpaired) electrons. The normalized spacial score (nSPS) is 14.8. The summed E-state index contributed by atoms with van der Waals surface area (Å²) in [4.78, 5) is 40.9. The van der Waals surface area contributed by atoms with Crippen molar-refractivity contribution in [2.75, 3.05) is 13.1 Å². The summed E-state index contributed by atoms with van der Waals surface area (Å²) in [5, 5.41) is 44.7. The van der Waals surface area contributed by atoms with Gasteiger partial charge in [0.1, 0.15) is 11.6 Å². The van der Waals surface area contributed by atoms with E-state index in [1.165, 1.54) is 6.07 Å². The second-order valence-corrected chi connectivity index (χ2v) is 9.55. The molecule has 12 nitrogen and oxygen atoms in total. The highest BCUT2D eigenvalue weighted by molar-refractivity contribution is 5.88. The quantitative estimate of drug-likeness (QED) is 0.239. The zero-order valence-corrected chi connectivity index (χ0v) is 21.9. The van der Waals surface area contributed by atoms with Crippen molar-refractivity contribution in [3.05, 3.63) is 83.9 Å². The lowest BCUT2D eigenvalue weighted by molar-refractivity contribution is -0.170. The van der Waals surface area contributed by atoms with E-state index < -0.39 is 42.0 Å². The van der Waals surface area contributed by atoms with E-state index in [0.717, 1.165) is 12.1 Å². The van der Waals surface area contributed by atoms with E-state index in [1.807, 2.05) is 24.3 Å². The van der Waals surface area contributed by atoms with E-state index in [4.69, 9.17) is 25.2 Å². The van der Waals surface area contributed by atoms with Crippen LogP contribution in [0.1, 0.15) is 36.8 Å². The molecule has 0 aliphatic carbocycles. The molecule has 1 fully saturated rings. The topological polar surface area (TPSA) is 191 Å². The molecule has 41 heavy (non-hydrogen) atoms. The number of piperidine rings is 1. The van der Waals surface area contributed by atoms with E-state index in [9.17, 15) is 23.9 Å². The fourth-order valence-electron chi connectivity index (χ4n) is 4.31. The first-order valence-electron chi connectivity index (χ1n) is 12.5. The molecule has 0 amide bonds. The Hall–Kier alpha value is -4.46. The van der Waals surface area contributed by atoms with Crippen LogP contribution in [-0.4, -0.2) is 77.0 Å². The largest absolute Gasteiger partial charge is 0.481 e. The van der Waals surface area contributed by atoms with Gasteiger partial charge in [-0.1, -0.05) is 30.3 Å². The third-order valence-corrected chi connectivity index (χ3v) is 6.40. The maximum Gasteiger partial charge on any atom is 0.336 e. The minimum absolute atomic E-state index is 0.313. The van der Waals surface area contributed by atoms with Crippen molar-refractivity contribution in [2.24, 2.45) is 0 Å². The fourth-order valence-corrected chi connectivity index (χ4v) is 4.31. The zero-order chi connectivity index (χ0) is 30.0. The van der Waals surface area contributed by atoms with Gasteiger partial charge in [-0.3, -0.25) is 14.5 Å². The molecule has 1 aliphatic rings. The monoisotopic (exact) mass is 571 g/mol. The number of nitrogens with zero attached hydrogens (tertiary/aromatic N) is 3. The highest BCUT2D eigenvalue weighted by Crippen LogP contribution is 2.34. The third-order valence-electron chi connectivity index (χ3n) is 6.40. The highest BCUT2D eigenvalue weighted by atomic mass is 19.1. The maximum atomic E-state index is 14.1. The zero-order valence-electron chi connectivity index (χ0n) is 21.9. The van der Waals surface area contributed by atoms with Crippen LogP contribution in [0, 0.1) is 5.82 Å². The summed E-state index contributed by atoms with van der Waals surface area (Å²) in [6.45, 7) is 2.12. The third kappa shape index (κ3) is 9.03. The molecule has 2 heterocycles. The standard InChI is InChI=1S/C22H22FN3O2.C6H8O7/c23-20-8-2-1-7-19(20)22(27)9-13-26(14-10-22)16-17-5-3-6-18(15-17)28-21-24-11-4-12-25-21;7-3(8)1-6(13,5(11)12)2-4(9)10/h1-8,11-12,15,27H,9-10,13-14,16H2;13H,1-2H2,(H,7,8)(H,9,10)(H,11,12). The van der Waals surface area contributed by atoms with Crippen LogP contribution in [0.4, 0.5) is 4.39 Å². The van der Waals surface area contributed by atoms with E-state index in [-0.39, 0.29) is 5.82 Å². The summed E-state index contributed by atoms with van der Waals surface area (Å²) in [5.41, 5.74) is -2.34. The Morgan fingerprint density at radius 3 is 2.10 bits per heavy atom. The molecule has 1 aliphatic heterocycles. The van der Waals surface area contributed by atoms with Crippen LogP contribution < -0.4 is 4.74 Å². The number of aliphatic carboxylic acids is 3. The number of carboxylic acids is 3. The van der Waals surface area contributed by atoms with Crippen molar-refractivity contribution in [3.63, 3.8) is 0 Å². The molecule has 0 saturated carbocycles. The van der Waals surface area contributed by atoms with Gasteiger partial charge in [-0.15, -0.1) is 0 Å². The van der Waals surface area contributed by atoms with Gasteiger partial charge in [0.15, 0.2) is 5.60 Å². The number of ether oxygens (including phenoxy) is 1. The molecule has 4 rings (SSSR count). The average molecular weight is 572 g/mol. The molecule has 1 aromatic heterocycles.